The highest BCUT2D eigenvalue weighted by molar-refractivity contribution is 9.10. The predicted octanol–water partition coefficient (Wildman–Crippen LogP) is 2.19. The fraction of sp³-hybridized carbons (Fsp3) is 0.200. The van der Waals surface area contributed by atoms with Gasteiger partial charge in [-0.2, -0.15) is 0 Å². The first-order valence-electron chi connectivity index (χ1n) is 4.12. The summed E-state index contributed by atoms with van der Waals surface area (Å²) in [6.07, 6.45) is 0. The van der Waals surface area contributed by atoms with Crippen LogP contribution >= 0.6 is 15.9 Å². The number of Topliss-reactive ketones (excluding diaryl/α,β-unsaturated/α-hetero) is 1. The Hall–Kier alpha value is -1.16. The lowest BCUT2D eigenvalue weighted by Gasteiger charge is -2.00. The molecule has 0 aliphatic heterocycles. The molecule has 1 aromatic rings. The molecule has 0 atom stereocenters. The highest BCUT2D eigenvalue weighted by atomic mass is 79.9. The van der Waals surface area contributed by atoms with Crippen LogP contribution in [0.5, 0.6) is 0 Å². The molecule has 0 amide bonds. The van der Waals surface area contributed by atoms with Gasteiger partial charge in [-0.05, 0) is 31.2 Å². The molecule has 3 nitrogen and oxygen atoms in total. The van der Waals surface area contributed by atoms with Gasteiger partial charge in [0.2, 0.25) is 0 Å². The zero-order chi connectivity index (χ0) is 10.6. The summed E-state index contributed by atoms with van der Waals surface area (Å²) in [5.74, 6) is -1.42. The van der Waals surface area contributed by atoms with E-state index >= 15 is 0 Å². The van der Waals surface area contributed by atoms with Crippen molar-refractivity contribution in [1.82, 2.24) is 0 Å². The monoisotopic (exact) mass is 256 g/mol. The molecular formula is C10H9BrO3. The van der Waals surface area contributed by atoms with Crippen LogP contribution in [0.3, 0.4) is 0 Å². The van der Waals surface area contributed by atoms with E-state index in [4.69, 9.17) is 0 Å². The average molecular weight is 257 g/mol. The Bertz CT molecular complexity index is 343. The largest absolute Gasteiger partial charge is 0.460 e. The summed E-state index contributed by atoms with van der Waals surface area (Å²) in [6, 6.07) is 6.55. The Morgan fingerprint density at radius 3 is 2.36 bits per heavy atom. The number of carbonyl (C=O) groups excluding carboxylic acids is 2. The van der Waals surface area contributed by atoms with Crippen LogP contribution in [0.4, 0.5) is 0 Å². The first kappa shape index (κ1) is 10.9. The standard InChI is InChI=1S/C10H9BrO3/c1-2-14-10(13)9(12)7-3-5-8(11)6-4-7/h3-6H,2H2,1H3. The van der Waals surface area contributed by atoms with Crippen molar-refractivity contribution in [2.45, 2.75) is 6.92 Å². The van der Waals surface area contributed by atoms with Gasteiger partial charge in [0, 0.05) is 10.0 Å². The third-order valence-corrected chi connectivity index (χ3v) is 2.10. The van der Waals surface area contributed by atoms with E-state index in [1.54, 1.807) is 31.2 Å². The van der Waals surface area contributed by atoms with E-state index in [1.807, 2.05) is 0 Å². The molecule has 0 saturated carbocycles. The SMILES string of the molecule is CCOC(=O)C(=O)c1ccc(Br)cc1. The summed E-state index contributed by atoms with van der Waals surface area (Å²) in [4.78, 5) is 22.4. The Morgan fingerprint density at radius 2 is 1.86 bits per heavy atom. The number of esters is 1. The molecule has 0 aromatic heterocycles. The maximum Gasteiger partial charge on any atom is 0.379 e. The van der Waals surface area contributed by atoms with Crippen LogP contribution in [0.1, 0.15) is 17.3 Å². The zero-order valence-corrected chi connectivity index (χ0v) is 9.21. The Balaban J connectivity index is 2.79. The van der Waals surface area contributed by atoms with E-state index in [0.29, 0.717) is 5.56 Å². The quantitative estimate of drug-likeness (QED) is 0.473. The van der Waals surface area contributed by atoms with Crippen molar-refractivity contribution in [3.63, 3.8) is 0 Å². The third kappa shape index (κ3) is 2.67. The molecule has 0 spiro atoms. The molecular weight excluding hydrogens is 248 g/mol. The fourth-order valence-electron chi connectivity index (χ4n) is 0.916. The molecule has 0 saturated heterocycles. The van der Waals surface area contributed by atoms with Crippen molar-refractivity contribution in [1.29, 1.82) is 0 Å². The highest BCUT2D eigenvalue weighted by Crippen LogP contribution is 2.11. The van der Waals surface area contributed by atoms with E-state index in [2.05, 4.69) is 20.7 Å². The van der Waals surface area contributed by atoms with Crippen molar-refractivity contribution in [2.75, 3.05) is 6.61 Å². The summed E-state index contributed by atoms with van der Waals surface area (Å²) < 4.78 is 5.45. The average Bonchev–Trinajstić information content (AvgIpc) is 2.18. The molecule has 0 bridgehead atoms. The lowest BCUT2D eigenvalue weighted by molar-refractivity contribution is -0.137. The maximum atomic E-state index is 11.4. The molecule has 0 N–H and O–H groups in total. The number of halogens is 1. The molecule has 0 radical (unpaired) electrons. The Labute approximate surface area is 90.2 Å². The number of rotatable bonds is 3. The second kappa shape index (κ2) is 4.91. The van der Waals surface area contributed by atoms with Gasteiger partial charge in [-0.1, -0.05) is 15.9 Å². The number of ketones is 1. The minimum absolute atomic E-state index is 0.209. The first-order valence-corrected chi connectivity index (χ1v) is 4.91. The lowest BCUT2D eigenvalue weighted by atomic mass is 10.1. The van der Waals surface area contributed by atoms with Crippen molar-refractivity contribution in [3.8, 4) is 0 Å². The van der Waals surface area contributed by atoms with Gasteiger partial charge in [-0.3, -0.25) is 4.79 Å². The smallest absolute Gasteiger partial charge is 0.379 e. The van der Waals surface area contributed by atoms with Crippen LogP contribution in [-0.2, 0) is 9.53 Å². The van der Waals surface area contributed by atoms with Crippen molar-refractivity contribution < 1.29 is 14.3 Å². The van der Waals surface area contributed by atoms with Gasteiger partial charge in [-0.25, -0.2) is 4.79 Å². The second-order valence-electron chi connectivity index (χ2n) is 2.56. The van der Waals surface area contributed by atoms with Crippen LogP contribution in [0.25, 0.3) is 0 Å². The molecule has 1 aromatic carbocycles. The molecule has 4 heteroatoms. The number of benzene rings is 1. The van der Waals surface area contributed by atoms with E-state index in [-0.39, 0.29) is 6.61 Å². The van der Waals surface area contributed by atoms with Crippen LogP contribution < -0.4 is 0 Å². The summed E-state index contributed by atoms with van der Waals surface area (Å²) in [5, 5.41) is 0. The van der Waals surface area contributed by atoms with E-state index in [9.17, 15) is 9.59 Å². The number of carbonyl (C=O) groups is 2. The molecule has 0 unspecified atom stereocenters. The van der Waals surface area contributed by atoms with E-state index < -0.39 is 11.8 Å². The zero-order valence-electron chi connectivity index (χ0n) is 7.62. The summed E-state index contributed by atoms with van der Waals surface area (Å²) in [6.45, 7) is 1.87. The Kier molecular flexibility index (Phi) is 3.83. The highest BCUT2D eigenvalue weighted by Gasteiger charge is 2.16. The summed E-state index contributed by atoms with van der Waals surface area (Å²) >= 11 is 3.23. The van der Waals surface area contributed by atoms with Gasteiger partial charge < -0.3 is 4.74 Å². The van der Waals surface area contributed by atoms with E-state index in [0.717, 1.165) is 4.47 Å². The van der Waals surface area contributed by atoms with Crippen molar-refractivity contribution >= 4 is 27.7 Å². The minimum Gasteiger partial charge on any atom is -0.460 e. The second-order valence-corrected chi connectivity index (χ2v) is 3.47. The molecule has 14 heavy (non-hydrogen) atoms. The van der Waals surface area contributed by atoms with Crippen LogP contribution in [-0.4, -0.2) is 18.4 Å². The fourth-order valence-corrected chi connectivity index (χ4v) is 1.18. The normalized spacial score (nSPS) is 9.57. The van der Waals surface area contributed by atoms with Gasteiger partial charge >= 0.3 is 5.97 Å². The third-order valence-electron chi connectivity index (χ3n) is 1.57. The topological polar surface area (TPSA) is 43.4 Å². The Morgan fingerprint density at radius 1 is 1.29 bits per heavy atom. The molecule has 74 valence electrons. The van der Waals surface area contributed by atoms with Crippen LogP contribution in [0.2, 0.25) is 0 Å². The number of ether oxygens (including phenoxy) is 1. The molecule has 0 aliphatic carbocycles. The first-order chi connectivity index (χ1) is 6.65. The van der Waals surface area contributed by atoms with Crippen molar-refractivity contribution in [2.24, 2.45) is 0 Å². The predicted molar refractivity (Wildman–Crippen MR) is 55.1 cm³/mol. The van der Waals surface area contributed by atoms with Crippen LogP contribution in [0.15, 0.2) is 28.7 Å². The maximum absolute atomic E-state index is 11.4. The van der Waals surface area contributed by atoms with Crippen LogP contribution in [0, 0.1) is 0 Å². The number of hydrogen-bond acceptors (Lipinski definition) is 3. The van der Waals surface area contributed by atoms with Gasteiger partial charge in [0.25, 0.3) is 5.78 Å². The minimum atomic E-state index is -0.810. The lowest BCUT2D eigenvalue weighted by Crippen LogP contribution is -2.17. The molecule has 0 aliphatic rings. The molecule has 0 heterocycles. The number of hydrogen-bond donors (Lipinski definition) is 0. The summed E-state index contributed by atoms with van der Waals surface area (Å²) in [5.41, 5.74) is 0.339. The van der Waals surface area contributed by atoms with Gasteiger partial charge in [0.1, 0.15) is 0 Å². The van der Waals surface area contributed by atoms with Gasteiger partial charge in [0.15, 0.2) is 0 Å². The summed E-state index contributed by atoms with van der Waals surface area (Å²) in [7, 11) is 0. The van der Waals surface area contributed by atoms with Crippen molar-refractivity contribution in [3.05, 3.63) is 34.3 Å². The van der Waals surface area contributed by atoms with Gasteiger partial charge in [-0.15, -0.1) is 0 Å². The van der Waals surface area contributed by atoms with E-state index in [1.165, 1.54) is 0 Å². The van der Waals surface area contributed by atoms with Gasteiger partial charge in [0.05, 0.1) is 6.61 Å². The molecule has 0 fully saturated rings. The molecule has 1 rings (SSSR count).